The van der Waals surface area contributed by atoms with Crippen LogP contribution in [0.1, 0.15) is 19.3 Å². The van der Waals surface area contributed by atoms with Crippen LogP contribution in [0.5, 0.6) is 0 Å². The van der Waals surface area contributed by atoms with Crippen molar-refractivity contribution in [2.45, 2.75) is 19.3 Å². The van der Waals surface area contributed by atoms with Crippen molar-refractivity contribution in [3.63, 3.8) is 0 Å². The summed E-state index contributed by atoms with van der Waals surface area (Å²) in [6.45, 7) is 1.87. The molecule has 1 fully saturated rings. The smallest absolute Gasteiger partial charge is 0.261 e. The largest absolute Gasteiger partial charge is 0.356 e. The van der Waals surface area contributed by atoms with Gasteiger partial charge < -0.3 is 4.90 Å². The van der Waals surface area contributed by atoms with Gasteiger partial charge in [0, 0.05) is 37.7 Å². The first-order chi connectivity index (χ1) is 11.3. The fourth-order valence-corrected chi connectivity index (χ4v) is 2.82. The molecular weight excluding hydrogens is 292 g/mol. The quantitative estimate of drug-likeness (QED) is 0.714. The number of anilines is 1. The van der Waals surface area contributed by atoms with Crippen molar-refractivity contribution in [3.8, 4) is 11.5 Å². The summed E-state index contributed by atoms with van der Waals surface area (Å²) >= 11 is 0. The summed E-state index contributed by atoms with van der Waals surface area (Å²) < 4.78 is 1.44. The lowest BCUT2D eigenvalue weighted by atomic mass is 10.1. The molecule has 7 nitrogen and oxygen atoms in total. The standard InChI is InChI=1S/C16H16N6O/c23-14-11-13(21-8-2-1-3-9-21)20-16-19-12(5-10-22(14)16)15-17-6-4-7-18-15/h4-7,10-11H,1-3,8-9H2. The molecule has 3 aromatic rings. The van der Waals surface area contributed by atoms with E-state index in [0.717, 1.165) is 25.9 Å². The van der Waals surface area contributed by atoms with Crippen molar-refractivity contribution in [1.82, 2.24) is 24.3 Å². The maximum atomic E-state index is 12.3. The molecule has 0 saturated carbocycles. The molecule has 4 heterocycles. The summed E-state index contributed by atoms with van der Waals surface area (Å²) in [4.78, 5) is 31.9. The summed E-state index contributed by atoms with van der Waals surface area (Å²) in [6.07, 6.45) is 8.49. The Morgan fingerprint density at radius 3 is 2.57 bits per heavy atom. The number of aromatic nitrogens is 5. The molecule has 1 aliphatic rings. The van der Waals surface area contributed by atoms with Crippen LogP contribution >= 0.6 is 0 Å². The molecule has 0 spiro atoms. The average molecular weight is 308 g/mol. The molecule has 23 heavy (non-hydrogen) atoms. The Morgan fingerprint density at radius 1 is 1.00 bits per heavy atom. The van der Waals surface area contributed by atoms with Crippen LogP contribution in [0.3, 0.4) is 0 Å². The number of nitrogens with zero attached hydrogens (tertiary/aromatic N) is 6. The number of hydrogen-bond acceptors (Lipinski definition) is 6. The SMILES string of the molecule is O=c1cc(N2CCCCC2)nc2nc(-c3ncccn3)ccn12. The first-order valence-electron chi connectivity index (χ1n) is 7.74. The van der Waals surface area contributed by atoms with Gasteiger partial charge in [-0.1, -0.05) is 0 Å². The van der Waals surface area contributed by atoms with Crippen LogP contribution in [0, 0.1) is 0 Å². The molecule has 3 aromatic heterocycles. The zero-order valence-electron chi connectivity index (χ0n) is 12.6. The molecule has 116 valence electrons. The molecular formula is C16H16N6O. The van der Waals surface area contributed by atoms with Gasteiger partial charge in [0.25, 0.3) is 5.56 Å². The molecule has 7 heteroatoms. The fraction of sp³-hybridized carbons (Fsp3) is 0.312. The van der Waals surface area contributed by atoms with Gasteiger partial charge in [-0.2, -0.15) is 4.98 Å². The van der Waals surface area contributed by atoms with E-state index in [1.54, 1.807) is 36.8 Å². The minimum Gasteiger partial charge on any atom is -0.356 e. The van der Waals surface area contributed by atoms with Crippen molar-refractivity contribution >= 4 is 11.6 Å². The summed E-state index contributed by atoms with van der Waals surface area (Å²) in [6, 6.07) is 5.06. The van der Waals surface area contributed by atoms with Gasteiger partial charge in [0.1, 0.15) is 11.5 Å². The van der Waals surface area contributed by atoms with Crippen molar-refractivity contribution in [2.75, 3.05) is 18.0 Å². The lowest BCUT2D eigenvalue weighted by molar-refractivity contribution is 0.573. The Balaban J connectivity index is 1.81. The van der Waals surface area contributed by atoms with Gasteiger partial charge in [-0.3, -0.25) is 9.20 Å². The Morgan fingerprint density at radius 2 is 1.78 bits per heavy atom. The molecule has 0 bridgehead atoms. The first kappa shape index (κ1) is 13.8. The van der Waals surface area contributed by atoms with Crippen LogP contribution in [0.25, 0.3) is 17.3 Å². The number of piperidine rings is 1. The lowest BCUT2D eigenvalue weighted by Crippen LogP contribution is -2.32. The Hall–Kier alpha value is -2.83. The van der Waals surface area contributed by atoms with Gasteiger partial charge in [-0.25, -0.2) is 15.0 Å². The first-order valence-corrected chi connectivity index (χ1v) is 7.74. The molecule has 0 aromatic carbocycles. The highest BCUT2D eigenvalue weighted by molar-refractivity contribution is 5.53. The van der Waals surface area contributed by atoms with Gasteiger partial charge in [0.05, 0.1) is 0 Å². The van der Waals surface area contributed by atoms with Gasteiger partial charge in [0.2, 0.25) is 5.78 Å². The average Bonchev–Trinajstić information content (AvgIpc) is 2.63. The lowest BCUT2D eigenvalue weighted by Gasteiger charge is -2.27. The summed E-state index contributed by atoms with van der Waals surface area (Å²) in [5, 5.41) is 0. The molecule has 4 rings (SSSR count). The zero-order chi connectivity index (χ0) is 15.6. The highest BCUT2D eigenvalue weighted by Crippen LogP contribution is 2.17. The minimum absolute atomic E-state index is 0.122. The number of fused-ring (bicyclic) bond motifs is 1. The van der Waals surface area contributed by atoms with Gasteiger partial charge in [0.15, 0.2) is 5.82 Å². The minimum atomic E-state index is -0.122. The molecule has 1 saturated heterocycles. The maximum Gasteiger partial charge on any atom is 0.261 e. The second-order valence-corrected chi connectivity index (χ2v) is 5.56. The van der Waals surface area contributed by atoms with Crippen LogP contribution in [-0.2, 0) is 0 Å². The van der Waals surface area contributed by atoms with Crippen LogP contribution in [0.15, 0.2) is 41.6 Å². The predicted octanol–water partition coefficient (Wildman–Crippen LogP) is 1.54. The highest BCUT2D eigenvalue weighted by Gasteiger charge is 2.15. The van der Waals surface area contributed by atoms with Crippen molar-refractivity contribution in [2.24, 2.45) is 0 Å². The third-order valence-corrected chi connectivity index (χ3v) is 4.00. The highest BCUT2D eigenvalue weighted by atomic mass is 16.1. The number of rotatable bonds is 2. The van der Waals surface area contributed by atoms with E-state index in [1.807, 2.05) is 0 Å². The van der Waals surface area contributed by atoms with E-state index in [2.05, 4.69) is 24.8 Å². The Bertz CT molecular complexity index is 886. The summed E-state index contributed by atoms with van der Waals surface area (Å²) in [7, 11) is 0. The van der Waals surface area contributed by atoms with E-state index in [4.69, 9.17) is 0 Å². The van der Waals surface area contributed by atoms with Crippen molar-refractivity contribution < 1.29 is 0 Å². The van der Waals surface area contributed by atoms with E-state index in [-0.39, 0.29) is 5.56 Å². The molecule has 1 aliphatic heterocycles. The second-order valence-electron chi connectivity index (χ2n) is 5.56. The van der Waals surface area contributed by atoms with Crippen LogP contribution in [0.2, 0.25) is 0 Å². The van der Waals surface area contributed by atoms with Crippen molar-refractivity contribution in [1.29, 1.82) is 0 Å². The van der Waals surface area contributed by atoms with Gasteiger partial charge in [-0.15, -0.1) is 0 Å². The molecule has 0 atom stereocenters. The zero-order valence-corrected chi connectivity index (χ0v) is 12.6. The fourth-order valence-electron chi connectivity index (χ4n) is 2.82. The van der Waals surface area contributed by atoms with Crippen molar-refractivity contribution in [3.05, 3.63) is 47.1 Å². The van der Waals surface area contributed by atoms with Gasteiger partial charge >= 0.3 is 0 Å². The van der Waals surface area contributed by atoms with Crippen LogP contribution < -0.4 is 10.5 Å². The number of hydrogen-bond donors (Lipinski definition) is 0. The van der Waals surface area contributed by atoms with E-state index in [9.17, 15) is 4.79 Å². The van der Waals surface area contributed by atoms with E-state index in [1.165, 1.54) is 10.8 Å². The third kappa shape index (κ3) is 2.65. The van der Waals surface area contributed by atoms with E-state index in [0.29, 0.717) is 23.1 Å². The van der Waals surface area contributed by atoms with E-state index >= 15 is 0 Å². The Labute approximate surface area is 132 Å². The maximum absolute atomic E-state index is 12.3. The van der Waals surface area contributed by atoms with Crippen LogP contribution in [-0.4, -0.2) is 37.4 Å². The molecule has 0 aliphatic carbocycles. The molecule has 0 amide bonds. The normalized spacial score (nSPS) is 15.0. The van der Waals surface area contributed by atoms with Crippen LogP contribution in [0.4, 0.5) is 5.82 Å². The summed E-state index contributed by atoms with van der Waals surface area (Å²) in [5.74, 6) is 1.60. The third-order valence-electron chi connectivity index (χ3n) is 4.00. The topological polar surface area (TPSA) is 76.3 Å². The second kappa shape index (κ2) is 5.75. The summed E-state index contributed by atoms with van der Waals surface area (Å²) in [5.41, 5.74) is 0.483. The molecule has 0 N–H and O–H groups in total. The molecule has 0 unspecified atom stereocenters. The monoisotopic (exact) mass is 308 g/mol. The Kier molecular flexibility index (Phi) is 3.45. The van der Waals surface area contributed by atoms with E-state index < -0.39 is 0 Å². The molecule has 0 radical (unpaired) electrons. The predicted molar refractivity (Wildman–Crippen MR) is 86.3 cm³/mol. The van der Waals surface area contributed by atoms with Gasteiger partial charge in [-0.05, 0) is 31.4 Å².